The van der Waals surface area contributed by atoms with Crippen molar-refractivity contribution in [3.05, 3.63) is 29.8 Å². The number of likely N-dealkylation sites (tertiary alicyclic amines) is 1. The average Bonchev–Trinajstić information content (AvgIpc) is 2.62. The van der Waals surface area contributed by atoms with Crippen molar-refractivity contribution < 1.29 is 13.2 Å². The molecule has 0 radical (unpaired) electrons. The van der Waals surface area contributed by atoms with Gasteiger partial charge in [-0.15, -0.1) is 0 Å². The maximum atomic E-state index is 12.5. The molecule has 0 spiro atoms. The lowest BCUT2D eigenvalue weighted by Gasteiger charge is -2.28. The molecule has 0 unspecified atom stereocenters. The molecule has 7 heteroatoms. The number of benzene rings is 1. The van der Waals surface area contributed by atoms with Crippen molar-refractivity contribution in [3.8, 4) is 0 Å². The number of nitrogens with zero attached hydrogens (tertiary/aromatic N) is 2. The van der Waals surface area contributed by atoms with E-state index in [0.29, 0.717) is 31.1 Å². The summed E-state index contributed by atoms with van der Waals surface area (Å²) in [6.07, 6.45) is 2.19. The van der Waals surface area contributed by atoms with Gasteiger partial charge in [0.25, 0.3) is 5.91 Å². The van der Waals surface area contributed by atoms with Crippen molar-refractivity contribution in [2.45, 2.75) is 31.6 Å². The quantitative estimate of drug-likeness (QED) is 0.798. The van der Waals surface area contributed by atoms with Crippen LogP contribution in [0.3, 0.4) is 0 Å². The van der Waals surface area contributed by atoms with E-state index in [1.54, 1.807) is 12.1 Å². The average molecular weight is 368 g/mol. The Morgan fingerprint density at radius 2 is 1.72 bits per heavy atom. The van der Waals surface area contributed by atoms with Gasteiger partial charge in [-0.1, -0.05) is 13.8 Å². The van der Waals surface area contributed by atoms with Crippen molar-refractivity contribution >= 4 is 15.9 Å². The number of sulfonamides is 1. The highest BCUT2D eigenvalue weighted by atomic mass is 32.2. The largest absolute Gasteiger partial charge is 0.352 e. The fraction of sp³-hybridized carbons (Fsp3) is 0.611. The summed E-state index contributed by atoms with van der Waals surface area (Å²) in [5, 5.41) is 2.97. The Bertz CT molecular complexity index is 661. The topological polar surface area (TPSA) is 69.7 Å². The van der Waals surface area contributed by atoms with Crippen LogP contribution in [0, 0.1) is 5.92 Å². The normalized spacial score (nSPS) is 17.0. The van der Waals surface area contributed by atoms with Gasteiger partial charge < -0.3 is 10.2 Å². The molecule has 1 amide bonds. The number of hydrogen-bond acceptors (Lipinski definition) is 4. The summed E-state index contributed by atoms with van der Waals surface area (Å²) in [6, 6.07) is 6.19. The van der Waals surface area contributed by atoms with Gasteiger partial charge >= 0.3 is 0 Å². The molecule has 1 fully saturated rings. The minimum absolute atomic E-state index is 0.147. The van der Waals surface area contributed by atoms with E-state index in [-0.39, 0.29) is 10.8 Å². The van der Waals surface area contributed by atoms with Gasteiger partial charge in [-0.2, -0.15) is 4.31 Å². The molecule has 6 nitrogen and oxygen atoms in total. The fourth-order valence-electron chi connectivity index (χ4n) is 3.10. The van der Waals surface area contributed by atoms with Gasteiger partial charge in [0, 0.05) is 25.2 Å². The van der Waals surface area contributed by atoms with E-state index in [4.69, 9.17) is 0 Å². The van der Waals surface area contributed by atoms with Gasteiger partial charge in [-0.3, -0.25) is 4.79 Å². The Kier molecular flexibility index (Phi) is 6.98. The number of piperidine rings is 1. The van der Waals surface area contributed by atoms with Gasteiger partial charge in [0.2, 0.25) is 10.0 Å². The predicted octanol–water partition coefficient (Wildman–Crippen LogP) is 1.79. The lowest BCUT2D eigenvalue weighted by atomic mass is 9.97. The minimum Gasteiger partial charge on any atom is -0.352 e. The van der Waals surface area contributed by atoms with Crippen LogP contribution in [0.15, 0.2) is 29.2 Å². The maximum absolute atomic E-state index is 12.5. The lowest BCUT2D eigenvalue weighted by molar-refractivity contribution is 0.0939. The molecule has 2 rings (SSSR count). The highest BCUT2D eigenvalue weighted by molar-refractivity contribution is 7.89. The summed E-state index contributed by atoms with van der Waals surface area (Å²) in [7, 11) is -1.37. The number of carbonyl (C=O) groups excluding carboxylic acids is 1. The zero-order valence-corrected chi connectivity index (χ0v) is 16.2. The Morgan fingerprint density at radius 3 is 2.24 bits per heavy atom. The van der Waals surface area contributed by atoms with Gasteiger partial charge in [0.15, 0.2) is 0 Å². The molecule has 1 heterocycles. The maximum Gasteiger partial charge on any atom is 0.251 e. The Hall–Kier alpha value is -1.44. The molecule has 1 N–H and O–H groups in total. The van der Waals surface area contributed by atoms with Crippen molar-refractivity contribution in [2.75, 3.05) is 39.8 Å². The van der Waals surface area contributed by atoms with Gasteiger partial charge in [-0.25, -0.2) is 8.42 Å². The highest BCUT2D eigenvalue weighted by Crippen LogP contribution is 2.17. The van der Waals surface area contributed by atoms with E-state index in [2.05, 4.69) is 17.3 Å². The predicted molar refractivity (Wildman–Crippen MR) is 99.1 cm³/mol. The van der Waals surface area contributed by atoms with Crippen molar-refractivity contribution in [2.24, 2.45) is 5.92 Å². The van der Waals surface area contributed by atoms with Crippen molar-refractivity contribution in [3.63, 3.8) is 0 Å². The van der Waals surface area contributed by atoms with Crippen LogP contribution in [0.25, 0.3) is 0 Å². The molecule has 1 aromatic rings. The zero-order chi connectivity index (χ0) is 18.4. The number of amides is 1. The van der Waals surface area contributed by atoms with Crippen molar-refractivity contribution in [1.29, 1.82) is 0 Å². The molecule has 0 atom stereocenters. The summed E-state index contributed by atoms with van der Waals surface area (Å²) in [5.41, 5.74) is 0.492. The van der Waals surface area contributed by atoms with E-state index < -0.39 is 10.0 Å². The molecular weight excluding hydrogens is 338 g/mol. The van der Waals surface area contributed by atoms with E-state index in [1.807, 2.05) is 13.8 Å². The van der Waals surface area contributed by atoms with Crippen LogP contribution >= 0.6 is 0 Å². The standard InChI is InChI=1S/C18H29N3O3S/c1-4-21(5-2)25(23,24)17-8-6-16(7-9-17)18(22)19-14-15-10-12-20(3)13-11-15/h6-9,15H,4-5,10-14H2,1-3H3,(H,19,22). The van der Waals surface area contributed by atoms with Gasteiger partial charge in [0.05, 0.1) is 4.90 Å². The monoisotopic (exact) mass is 367 g/mol. The summed E-state index contributed by atoms with van der Waals surface area (Å²) in [4.78, 5) is 14.8. The van der Waals surface area contributed by atoms with E-state index >= 15 is 0 Å². The summed E-state index contributed by atoms with van der Waals surface area (Å²) < 4.78 is 26.3. The van der Waals surface area contributed by atoms with Crippen LogP contribution in [-0.2, 0) is 10.0 Å². The summed E-state index contributed by atoms with van der Waals surface area (Å²) in [6.45, 7) is 7.29. The zero-order valence-electron chi connectivity index (χ0n) is 15.4. The van der Waals surface area contributed by atoms with Crippen LogP contribution in [0.4, 0.5) is 0 Å². The number of nitrogens with one attached hydrogen (secondary N) is 1. The Labute approximate surface area is 151 Å². The van der Waals surface area contributed by atoms with Crippen LogP contribution in [-0.4, -0.2) is 63.3 Å². The van der Waals surface area contributed by atoms with Crippen LogP contribution < -0.4 is 5.32 Å². The van der Waals surface area contributed by atoms with Crippen LogP contribution in [0.5, 0.6) is 0 Å². The second kappa shape index (κ2) is 8.78. The Balaban J connectivity index is 1.96. The third kappa shape index (κ3) is 5.03. The van der Waals surface area contributed by atoms with Crippen molar-refractivity contribution in [1.82, 2.24) is 14.5 Å². The molecule has 25 heavy (non-hydrogen) atoms. The number of carbonyl (C=O) groups is 1. The third-order valence-electron chi connectivity index (χ3n) is 4.85. The highest BCUT2D eigenvalue weighted by Gasteiger charge is 2.22. The number of rotatable bonds is 7. The molecule has 1 saturated heterocycles. The summed E-state index contributed by atoms with van der Waals surface area (Å²) >= 11 is 0. The van der Waals surface area contributed by atoms with Gasteiger partial charge in [0.1, 0.15) is 0 Å². The molecular formula is C18H29N3O3S. The Morgan fingerprint density at radius 1 is 1.16 bits per heavy atom. The fourth-order valence-corrected chi connectivity index (χ4v) is 4.55. The molecule has 1 aliphatic rings. The molecule has 1 aliphatic heterocycles. The molecule has 0 bridgehead atoms. The van der Waals surface area contributed by atoms with E-state index in [1.165, 1.54) is 16.4 Å². The first-order valence-electron chi connectivity index (χ1n) is 8.95. The number of hydrogen-bond donors (Lipinski definition) is 1. The van der Waals surface area contributed by atoms with Crippen LogP contribution in [0.2, 0.25) is 0 Å². The molecule has 1 aromatic carbocycles. The second-order valence-electron chi connectivity index (χ2n) is 6.57. The van der Waals surface area contributed by atoms with E-state index in [0.717, 1.165) is 25.9 Å². The smallest absolute Gasteiger partial charge is 0.251 e. The lowest BCUT2D eigenvalue weighted by Crippen LogP contribution is -2.36. The molecule has 140 valence electrons. The third-order valence-corrected chi connectivity index (χ3v) is 6.91. The molecule has 0 aromatic heterocycles. The molecule has 0 saturated carbocycles. The van der Waals surface area contributed by atoms with E-state index in [9.17, 15) is 13.2 Å². The first-order chi connectivity index (χ1) is 11.9. The molecule has 0 aliphatic carbocycles. The first-order valence-corrected chi connectivity index (χ1v) is 10.4. The first kappa shape index (κ1) is 19.9. The second-order valence-corrected chi connectivity index (χ2v) is 8.51. The van der Waals surface area contributed by atoms with Gasteiger partial charge in [-0.05, 0) is 63.2 Å². The minimum atomic E-state index is -3.48. The van der Waals surface area contributed by atoms with Crippen LogP contribution in [0.1, 0.15) is 37.0 Å². The SMILES string of the molecule is CCN(CC)S(=O)(=O)c1ccc(C(=O)NCC2CCN(C)CC2)cc1. The summed E-state index contributed by atoms with van der Waals surface area (Å²) in [5.74, 6) is 0.369.